The summed E-state index contributed by atoms with van der Waals surface area (Å²) in [5, 5.41) is 33.9. The first-order chi connectivity index (χ1) is 12.2. The van der Waals surface area contributed by atoms with Crippen LogP contribution in [0.2, 0.25) is 0 Å². The molecule has 0 fully saturated rings. The van der Waals surface area contributed by atoms with Crippen LogP contribution in [0.15, 0.2) is 29.4 Å². The molecule has 0 aliphatic carbocycles. The summed E-state index contributed by atoms with van der Waals surface area (Å²) in [4.78, 5) is 13.4. The van der Waals surface area contributed by atoms with Crippen LogP contribution < -0.4 is 0 Å². The number of nitrogens with zero attached hydrogens (tertiary/aromatic N) is 4. The van der Waals surface area contributed by atoms with Crippen LogP contribution in [-0.2, 0) is 5.41 Å². The van der Waals surface area contributed by atoms with Gasteiger partial charge in [-0.2, -0.15) is 13.2 Å². The molecule has 26 heavy (non-hydrogen) atoms. The van der Waals surface area contributed by atoms with E-state index >= 15 is 0 Å². The third-order valence-corrected chi connectivity index (χ3v) is 4.81. The highest BCUT2D eigenvalue weighted by Crippen LogP contribution is 2.50. The Labute approximate surface area is 147 Å². The molecular formula is C14H9F3N4O4S. The maximum Gasteiger partial charge on any atom is 0.403 e. The monoisotopic (exact) mass is 386 g/mol. The van der Waals surface area contributed by atoms with Crippen molar-refractivity contribution in [2.75, 3.05) is 0 Å². The fraction of sp³-hybridized carbons (Fsp3) is 0.214. The topological polar surface area (TPSA) is 122 Å². The summed E-state index contributed by atoms with van der Waals surface area (Å²) in [6, 6.07) is 1.73. The lowest BCUT2D eigenvalue weighted by Crippen LogP contribution is -2.41. The van der Waals surface area contributed by atoms with Gasteiger partial charge in [-0.15, -0.1) is 5.10 Å². The molecule has 0 spiro atoms. The van der Waals surface area contributed by atoms with Crippen LogP contribution in [-0.4, -0.2) is 37.1 Å². The number of hydrogen-bond acceptors (Lipinski definition) is 8. The minimum atomic E-state index is -4.70. The largest absolute Gasteiger partial charge is 0.504 e. The number of halogens is 3. The van der Waals surface area contributed by atoms with Crippen molar-refractivity contribution < 1.29 is 28.3 Å². The van der Waals surface area contributed by atoms with Crippen LogP contribution in [0, 0.1) is 10.1 Å². The van der Waals surface area contributed by atoms with E-state index < -0.39 is 40.1 Å². The standard InChI is InChI=1S/C14H9F3N4O4S/c15-14(16,17)13(1-3-18-4-2-13)12-10(19-20-26-12)7-5-8(21(24)25)11(23)9(22)6-7/h1,3-6,22-23H,2H2. The van der Waals surface area contributed by atoms with Crippen LogP contribution in [0.4, 0.5) is 18.9 Å². The first-order valence-corrected chi connectivity index (χ1v) is 7.74. The summed E-state index contributed by atoms with van der Waals surface area (Å²) in [5.74, 6) is -1.84. The SMILES string of the molecule is O=[N+]([O-])c1cc(-c2nnsc2C2(C(F)(F)F)C=CN=CC2)cc(O)c1O. The fourth-order valence-electron chi connectivity index (χ4n) is 2.56. The molecule has 1 atom stereocenters. The van der Waals surface area contributed by atoms with Gasteiger partial charge in [-0.3, -0.25) is 15.1 Å². The highest BCUT2D eigenvalue weighted by atomic mass is 32.1. The van der Waals surface area contributed by atoms with Gasteiger partial charge in [0.2, 0.25) is 5.75 Å². The molecule has 8 nitrogen and oxygen atoms in total. The van der Waals surface area contributed by atoms with E-state index in [9.17, 15) is 33.5 Å². The van der Waals surface area contributed by atoms with Crippen molar-refractivity contribution in [3.8, 4) is 22.8 Å². The van der Waals surface area contributed by atoms with Crippen molar-refractivity contribution in [1.82, 2.24) is 9.59 Å². The van der Waals surface area contributed by atoms with Crippen LogP contribution >= 0.6 is 11.5 Å². The van der Waals surface area contributed by atoms with Gasteiger partial charge < -0.3 is 10.2 Å². The number of allylic oxidation sites excluding steroid dienone is 1. The second-order valence-corrected chi connectivity index (χ2v) is 6.15. The molecule has 1 aliphatic heterocycles. The van der Waals surface area contributed by atoms with Crippen molar-refractivity contribution >= 4 is 23.4 Å². The molecule has 1 aromatic carbocycles. The zero-order valence-corrected chi connectivity index (χ0v) is 13.5. The highest BCUT2D eigenvalue weighted by molar-refractivity contribution is 7.06. The summed E-state index contributed by atoms with van der Waals surface area (Å²) in [5.41, 5.74) is -3.75. The molecule has 2 N–H and O–H groups in total. The summed E-state index contributed by atoms with van der Waals surface area (Å²) in [7, 11) is 0. The summed E-state index contributed by atoms with van der Waals surface area (Å²) < 4.78 is 45.1. The molecule has 136 valence electrons. The number of phenols is 2. The number of hydrogen-bond donors (Lipinski definition) is 2. The number of alkyl halides is 3. The summed E-state index contributed by atoms with van der Waals surface area (Å²) >= 11 is 0.493. The zero-order chi connectivity index (χ0) is 19.1. The first kappa shape index (κ1) is 17.8. The Bertz CT molecular complexity index is 941. The maximum atomic E-state index is 13.8. The Morgan fingerprint density at radius 1 is 1.31 bits per heavy atom. The van der Waals surface area contributed by atoms with E-state index in [0.717, 1.165) is 30.6 Å². The van der Waals surface area contributed by atoms with Gasteiger partial charge >= 0.3 is 11.9 Å². The van der Waals surface area contributed by atoms with Crippen molar-refractivity contribution in [3.05, 3.63) is 39.4 Å². The van der Waals surface area contributed by atoms with E-state index in [1.165, 1.54) is 0 Å². The number of phenolic OH excluding ortho intramolecular Hbond substituents is 2. The minimum Gasteiger partial charge on any atom is -0.504 e. The average molecular weight is 386 g/mol. The fourth-order valence-corrected chi connectivity index (χ4v) is 3.43. The van der Waals surface area contributed by atoms with E-state index in [0.29, 0.717) is 11.5 Å². The summed E-state index contributed by atoms with van der Waals surface area (Å²) in [6.07, 6.45) is -2.20. The lowest BCUT2D eigenvalue weighted by molar-refractivity contribution is -0.385. The second kappa shape index (κ2) is 6.05. The van der Waals surface area contributed by atoms with Gasteiger partial charge in [0.1, 0.15) is 11.1 Å². The molecule has 0 bridgehead atoms. The molecule has 2 aromatic rings. The van der Waals surface area contributed by atoms with E-state index in [4.69, 9.17) is 0 Å². The molecule has 1 aromatic heterocycles. The van der Waals surface area contributed by atoms with Gasteiger partial charge in [0.15, 0.2) is 5.75 Å². The molecule has 1 aliphatic rings. The molecule has 12 heteroatoms. The van der Waals surface area contributed by atoms with Crippen LogP contribution in [0.5, 0.6) is 11.5 Å². The Morgan fingerprint density at radius 2 is 2.04 bits per heavy atom. The number of nitro benzene ring substituents is 1. The smallest absolute Gasteiger partial charge is 0.403 e. The zero-order valence-electron chi connectivity index (χ0n) is 12.6. The number of nitro groups is 1. The van der Waals surface area contributed by atoms with Gasteiger partial charge in [-0.25, -0.2) is 0 Å². The van der Waals surface area contributed by atoms with E-state index in [2.05, 4.69) is 14.6 Å². The predicted molar refractivity (Wildman–Crippen MR) is 85.3 cm³/mol. The van der Waals surface area contributed by atoms with Gasteiger partial charge in [0, 0.05) is 30.5 Å². The molecule has 3 rings (SSSR count). The van der Waals surface area contributed by atoms with Crippen molar-refractivity contribution in [2.24, 2.45) is 4.99 Å². The number of aromatic hydroxyl groups is 2. The maximum absolute atomic E-state index is 13.8. The quantitative estimate of drug-likeness (QED) is 0.474. The lowest BCUT2D eigenvalue weighted by Gasteiger charge is -2.32. The van der Waals surface area contributed by atoms with E-state index in [1.807, 2.05) is 0 Å². The minimum absolute atomic E-state index is 0.171. The summed E-state index contributed by atoms with van der Waals surface area (Å²) in [6.45, 7) is 0. The van der Waals surface area contributed by atoms with Crippen LogP contribution in [0.3, 0.4) is 0 Å². The first-order valence-electron chi connectivity index (χ1n) is 6.97. The third kappa shape index (κ3) is 2.67. The molecule has 1 unspecified atom stereocenters. The van der Waals surface area contributed by atoms with Gasteiger partial charge in [0.05, 0.1) is 9.80 Å². The average Bonchev–Trinajstić information content (AvgIpc) is 3.06. The highest BCUT2D eigenvalue weighted by Gasteiger charge is 2.56. The Hall–Kier alpha value is -3.02. The molecule has 2 heterocycles. The molecule has 0 saturated carbocycles. The van der Waals surface area contributed by atoms with Crippen LogP contribution in [0.1, 0.15) is 11.3 Å². The molecular weight excluding hydrogens is 377 g/mol. The third-order valence-electron chi connectivity index (χ3n) is 3.90. The Kier molecular flexibility index (Phi) is 4.14. The van der Waals surface area contributed by atoms with E-state index in [-0.39, 0.29) is 16.1 Å². The number of rotatable bonds is 3. The number of aromatic nitrogens is 2. The molecule has 0 radical (unpaired) electrons. The van der Waals surface area contributed by atoms with E-state index in [1.54, 1.807) is 0 Å². The Balaban J connectivity index is 2.23. The Morgan fingerprint density at radius 3 is 2.62 bits per heavy atom. The normalized spacial score (nSPS) is 19.7. The van der Waals surface area contributed by atoms with Crippen molar-refractivity contribution in [2.45, 2.75) is 18.0 Å². The second-order valence-electron chi connectivity index (χ2n) is 5.39. The van der Waals surface area contributed by atoms with Crippen molar-refractivity contribution in [3.63, 3.8) is 0 Å². The lowest BCUT2D eigenvalue weighted by atomic mass is 9.79. The van der Waals surface area contributed by atoms with Crippen LogP contribution in [0.25, 0.3) is 11.3 Å². The molecule has 0 saturated heterocycles. The number of benzene rings is 1. The van der Waals surface area contributed by atoms with Gasteiger partial charge in [-0.05, 0) is 23.7 Å². The number of aliphatic imine (C=N–C) groups is 1. The predicted octanol–water partition coefficient (Wildman–Crippen LogP) is 3.31. The van der Waals surface area contributed by atoms with Gasteiger partial charge in [-0.1, -0.05) is 4.49 Å². The van der Waals surface area contributed by atoms with Crippen molar-refractivity contribution in [1.29, 1.82) is 0 Å². The van der Waals surface area contributed by atoms with Gasteiger partial charge in [0.25, 0.3) is 0 Å². The molecule has 0 amide bonds.